The molecule has 1 saturated carbocycles. The minimum Gasteiger partial charge on any atom is -0.309 e. The lowest BCUT2D eigenvalue weighted by atomic mass is 9.88. The number of amides is 1. The van der Waals surface area contributed by atoms with Crippen LogP contribution in [0.5, 0.6) is 0 Å². The number of aromatic nitrogens is 2. The Hall–Kier alpha value is -1.65. The van der Waals surface area contributed by atoms with Crippen LogP contribution < -0.4 is 5.32 Å². The molecule has 0 spiro atoms. The summed E-state index contributed by atoms with van der Waals surface area (Å²) in [5.74, 6) is 0.743. The van der Waals surface area contributed by atoms with Gasteiger partial charge in [-0.05, 0) is 19.8 Å². The van der Waals surface area contributed by atoms with Gasteiger partial charge in [-0.1, -0.05) is 0 Å². The van der Waals surface area contributed by atoms with Gasteiger partial charge in [-0.3, -0.25) is 14.7 Å². The number of carbonyl (C=O) groups is 2. The van der Waals surface area contributed by atoms with Gasteiger partial charge in [0, 0.05) is 30.5 Å². The van der Waals surface area contributed by atoms with Crippen molar-refractivity contribution >= 4 is 17.5 Å². The van der Waals surface area contributed by atoms with Gasteiger partial charge in [-0.2, -0.15) is 5.10 Å². The fraction of sp³-hybridized carbons (Fsp3) is 0.545. The number of anilines is 1. The van der Waals surface area contributed by atoms with Crippen LogP contribution in [0.1, 0.15) is 31.4 Å². The standard InChI is InChI=1S/C11H15N3O2/c1-7-6-10(14-13-7)12-11(16)8-2-4-9(15)5-3-8/h6,8H,2-5H2,1H3,(H2,12,13,14,16). The van der Waals surface area contributed by atoms with Crippen molar-refractivity contribution < 1.29 is 9.59 Å². The number of rotatable bonds is 2. The van der Waals surface area contributed by atoms with Gasteiger partial charge < -0.3 is 5.32 Å². The molecule has 1 fully saturated rings. The molecule has 2 N–H and O–H groups in total. The van der Waals surface area contributed by atoms with Crippen molar-refractivity contribution in [3.8, 4) is 0 Å². The number of hydrogen-bond donors (Lipinski definition) is 2. The third kappa shape index (κ3) is 2.48. The molecule has 1 heterocycles. The normalized spacial score (nSPS) is 17.4. The number of aromatic amines is 1. The summed E-state index contributed by atoms with van der Waals surface area (Å²) >= 11 is 0. The van der Waals surface area contributed by atoms with Gasteiger partial charge in [0.2, 0.25) is 5.91 Å². The molecule has 0 radical (unpaired) electrons. The van der Waals surface area contributed by atoms with Gasteiger partial charge in [0.25, 0.3) is 0 Å². The summed E-state index contributed by atoms with van der Waals surface area (Å²) in [6.45, 7) is 1.88. The fourth-order valence-corrected chi connectivity index (χ4v) is 1.91. The quantitative estimate of drug-likeness (QED) is 0.793. The van der Waals surface area contributed by atoms with E-state index in [0.717, 1.165) is 5.69 Å². The minimum atomic E-state index is -0.0466. The zero-order chi connectivity index (χ0) is 11.5. The molecule has 0 atom stereocenters. The monoisotopic (exact) mass is 221 g/mol. The lowest BCUT2D eigenvalue weighted by molar-refractivity contribution is -0.125. The molecule has 0 saturated heterocycles. The Balaban J connectivity index is 1.91. The molecule has 1 aromatic heterocycles. The topological polar surface area (TPSA) is 74.8 Å². The lowest BCUT2D eigenvalue weighted by Crippen LogP contribution is -2.27. The van der Waals surface area contributed by atoms with Gasteiger partial charge in [0.05, 0.1) is 0 Å². The van der Waals surface area contributed by atoms with Crippen molar-refractivity contribution in [2.75, 3.05) is 5.32 Å². The molecule has 0 aliphatic heterocycles. The smallest absolute Gasteiger partial charge is 0.228 e. The van der Waals surface area contributed by atoms with Crippen LogP contribution >= 0.6 is 0 Å². The van der Waals surface area contributed by atoms with Crippen LogP contribution in [0.25, 0.3) is 0 Å². The van der Waals surface area contributed by atoms with Gasteiger partial charge in [0.15, 0.2) is 5.82 Å². The van der Waals surface area contributed by atoms with E-state index in [4.69, 9.17) is 0 Å². The molecule has 0 unspecified atom stereocenters. The summed E-state index contributed by atoms with van der Waals surface area (Å²) in [6.07, 6.45) is 2.37. The molecule has 86 valence electrons. The number of carbonyl (C=O) groups excluding carboxylic acids is 2. The Morgan fingerprint density at radius 2 is 2.19 bits per heavy atom. The summed E-state index contributed by atoms with van der Waals surface area (Å²) in [7, 11) is 0. The number of hydrogen-bond acceptors (Lipinski definition) is 3. The van der Waals surface area contributed by atoms with Crippen molar-refractivity contribution in [2.24, 2.45) is 5.92 Å². The first-order chi connectivity index (χ1) is 7.65. The van der Waals surface area contributed by atoms with Gasteiger partial charge >= 0.3 is 0 Å². The molecule has 2 rings (SSSR count). The van der Waals surface area contributed by atoms with Crippen molar-refractivity contribution in [1.29, 1.82) is 0 Å². The first-order valence-corrected chi connectivity index (χ1v) is 5.50. The Bertz CT molecular complexity index is 401. The highest BCUT2D eigenvalue weighted by molar-refractivity contribution is 5.93. The van der Waals surface area contributed by atoms with Crippen molar-refractivity contribution in [3.05, 3.63) is 11.8 Å². The summed E-state index contributed by atoms with van der Waals surface area (Å²) in [4.78, 5) is 22.9. The SMILES string of the molecule is Cc1cc(NC(=O)C2CCC(=O)CC2)n[nH]1. The highest BCUT2D eigenvalue weighted by Gasteiger charge is 2.25. The maximum absolute atomic E-state index is 11.8. The van der Waals surface area contributed by atoms with Crippen LogP contribution in [0.15, 0.2) is 6.07 Å². The van der Waals surface area contributed by atoms with E-state index in [0.29, 0.717) is 31.5 Å². The Morgan fingerprint density at radius 3 is 2.75 bits per heavy atom. The van der Waals surface area contributed by atoms with Crippen LogP contribution in [0.4, 0.5) is 5.82 Å². The van der Waals surface area contributed by atoms with Crippen LogP contribution in [0.2, 0.25) is 0 Å². The van der Waals surface area contributed by atoms with E-state index >= 15 is 0 Å². The first-order valence-electron chi connectivity index (χ1n) is 5.50. The Labute approximate surface area is 93.6 Å². The maximum atomic E-state index is 11.8. The molecule has 5 nitrogen and oxygen atoms in total. The molecular weight excluding hydrogens is 206 g/mol. The second kappa shape index (κ2) is 4.47. The predicted molar refractivity (Wildman–Crippen MR) is 58.9 cm³/mol. The van der Waals surface area contributed by atoms with Crippen LogP contribution in [-0.4, -0.2) is 21.9 Å². The van der Waals surface area contributed by atoms with E-state index in [2.05, 4.69) is 15.5 Å². The molecule has 0 aromatic carbocycles. The Morgan fingerprint density at radius 1 is 1.50 bits per heavy atom. The fourth-order valence-electron chi connectivity index (χ4n) is 1.91. The second-order valence-electron chi connectivity index (χ2n) is 4.24. The predicted octanol–water partition coefficient (Wildman–Crippen LogP) is 1.42. The van der Waals surface area contributed by atoms with Gasteiger partial charge in [-0.15, -0.1) is 0 Å². The van der Waals surface area contributed by atoms with Crippen LogP contribution in [-0.2, 0) is 9.59 Å². The van der Waals surface area contributed by atoms with Crippen LogP contribution in [0.3, 0.4) is 0 Å². The highest BCUT2D eigenvalue weighted by atomic mass is 16.2. The van der Waals surface area contributed by atoms with E-state index in [1.54, 1.807) is 6.07 Å². The van der Waals surface area contributed by atoms with Gasteiger partial charge in [-0.25, -0.2) is 0 Å². The summed E-state index contributed by atoms with van der Waals surface area (Å²) in [5.41, 5.74) is 0.911. The van der Waals surface area contributed by atoms with E-state index < -0.39 is 0 Å². The summed E-state index contributed by atoms with van der Waals surface area (Å²) in [6, 6.07) is 1.78. The number of H-pyrrole nitrogens is 1. The van der Waals surface area contributed by atoms with Crippen molar-refractivity contribution in [2.45, 2.75) is 32.6 Å². The van der Waals surface area contributed by atoms with E-state index in [9.17, 15) is 9.59 Å². The van der Waals surface area contributed by atoms with E-state index in [1.165, 1.54) is 0 Å². The van der Waals surface area contributed by atoms with Crippen molar-refractivity contribution in [3.63, 3.8) is 0 Å². The molecule has 0 bridgehead atoms. The lowest BCUT2D eigenvalue weighted by Gasteiger charge is -2.19. The number of ketones is 1. The average molecular weight is 221 g/mol. The van der Waals surface area contributed by atoms with E-state index in [1.807, 2.05) is 6.92 Å². The third-order valence-corrected chi connectivity index (χ3v) is 2.87. The Kier molecular flexibility index (Phi) is 3.03. The summed E-state index contributed by atoms with van der Waals surface area (Å²) in [5, 5.41) is 9.46. The average Bonchev–Trinajstić information content (AvgIpc) is 2.65. The maximum Gasteiger partial charge on any atom is 0.228 e. The molecule has 1 aliphatic rings. The molecular formula is C11H15N3O2. The zero-order valence-electron chi connectivity index (χ0n) is 9.25. The second-order valence-corrected chi connectivity index (χ2v) is 4.24. The largest absolute Gasteiger partial charge is 0.309 e. The molecule has 1 amide bonds. The molecule has 1 aromatic rings. The number of Topliss-reactive ketones (excluding diaryl/α,β-unsaturated/α-hetero) is 1. The minimum absolute atomic E-state index is 0.0287. The number of aryl methyl sites for hydroxylation is 1. The first kappa shape index (κ1) is 10.9. The number of nitrogens with one attached hydrogen (secondary N) is 2. The molecule has 16 heavy (non-hydrogen) atoms. The van der Waals surface area contributed by atoms with Crippen molar-refractivity contribution in [1.82, 2.24) is 10.2 Å². The van der Waals surface area contributed by atoms with E-state index in [-0.39, 0.29) is 17.6 Å². The highest BCUT2D eigenvalue weighted by Crippen LogP contribution is 2.22. The summed E-state index contributed by atoms with van der Waals surface area (Å²) < 4.78 is 0. The zero-order valence-corrected chi connectivity index (χ0v) is 9.25. The molecule has 5 heteroatoms. The third-order valence-electron chi connectivity index (χ3n) is 2.87. The molecule has 1 aliphatic carbocycles. The van der Waals surface area contributed by atoms with Gasteiger partial charge in [0.1, 0.15) is 5.78 Å². The number of nitrogens with zero attached hydrogens (tertiary/aromatic N) is 1. The van der Waals surface area contributed by atoms with Crippen LogP contribution in [0, 0.1) is 12.8 Å².